The van der Waals surface area contributed by atoms with Crippen LogP contribution >= 0.6 is 0 Å². The van der Waals surface area contributed by atoms with Gasteiger partial charge in [-0.3, -0.25) is 14.5 Å². The van der Waals surface area contributed by atoms with Crippen LogP contribution in [0.3, 0.4) is 0 Å². The van der Waals surface area contributed by atoms with Crippen LogP contribution in [0, 0.1) is 0 Å². The number of fused-ring (bicyclic) bond motifs is 1. The number of amides is 2. The van der Waals surface area contributed by atoms with Crippen molar-refractivity contribution in [2.24, 2.45) is 0 Å². The summed E-state index contributed by atoms with van der Waals surface area (Å²) in [6, 6.07) is 6.78. The SMILES string of the molecule is O=C1c2ccccc2C(=O)N1CCc1nnnn1CC1(O)CCCOC1. The molecule has 4 rings (SSSR count). The van der Waals surface area contributed by atoms with Gasteiger partial charge in [-0.1, -0.05) is 12.1 Å². The number of benzene rings is 1. The molecule has 136 valence electrons. The molecule has 0 radical (unpaired) electrons. The molecule has 2 amide bonds. The molecule has 0 saturated carbocycles. The Morgan fingerprint density at radius 3 is 2.58 bits per heavy atom. The van der Waals surface area contributed by atoms with Crippen LogP contribution in [-0.4, -0.2) is 67.4 Å². The van der Waals surface area contributed by atoms with Gasteiger partial charge >= 0.3 is 0 Å². The first-order valence-electron chi connectivity index (χ1n) is 8.58. The van der Waals surface area contributed by atoms with Crippen LogP contribution in [0.1, 0.15) is 39.4 Å². The average Bonchev–Trinajstić information content (AvgIpc) is 3.17. The molecule has 2 aliphatic rings. The quantitative estimate of drug-likeness (QED) is 0.753. The van der Waals surface area contributed by atoms with Gasteiger partial charge in [-0.2, -0.15) is 0 Å². The van der Waals surface area contributed by atoms with Gasteiger partial charge in [0.2, 0.25) is 0 Å². The lowest BCUT2D eigenvalue weighted by Gasteiger charge is -2.31. The predicted octanol–water partition coefficient (Wildman–Crippen LogP) is 0.0533. The van der Waals surface area contributed by atoms with Crippen LogP contribution in [-0.2, 0) is 17.7 Å². The van der Waals surface area contributed by atoms with Crippen LogP contribution in [0.4, 0.5) is 0 Å². The summed E-state index contributed by atoms with van der Waals surface area (Å²) in [5, 5.41) is 22.2. The third kappa shape index (κ3) is 2.99. The summed E-state index contributed by atoms with van der Waals surface area (Å²) >= 11 is 0. The maximum absolute atomic E-state index is 12.4. The van der Waals surface area contributed by atoms with Crippen LogP contribution < -0.4 is 0 Å². The van der Waals surface area contributed by atoms with E-state index in [0.717, 1.165) is 6.42 Å². The molecule has 2 aromatic rings. The lowest BCUT2D eigenvalue weighted by Crippen LogP contribution is -2.43. The van der Waals surface area contributed by atoms with Gasteiger partial charge in [0.05, 0.1) is 24.3 Å². The van der Waals surface area contributed by atoms with Crippen molar-refractivity contribution in [1.29, 1.82) is 0 Å². The zero-order valence-electron chi connectivity index (χ0n) is 14.2. The fourth-order valence-electron chi connectivity index (χ4n) is 3.42. The van der Waals surface area contributed by atoms with Gasteiger partial charge < -0.3 is 9.84 Å². The van der Waals surface area contributed by atoms with Gasteiger partial charge in [0.1, 0.15) is 5.60 Å². The molecule has 1 atom stereocenters. The van der Waals surface area contributed by atoms with Crippen molar-refractivity contribution in [2.45, 2.75) is 31.4 Å². The van der Waals surface area contributed by atoms with Crippen molar-refractivity contribution in [3.8, 4) is 0 Å². The number of aromatic nitrogens is 4. The number of tetrazole rings is 1. The van der Waals surface area contributed by atoms with Gasteiger partial charge in [-0.25, -0.2) is 4.68 Å². The first-order chi connectivity index (χ1) is 12.6. The zero-order valence-corrected chi connectivity index (χ0v) is 14.2. The molecule has 1 fully saturated rings. The summed E-state index contributed by atoms with van der Waals surface area (Å²) in [6.07, 6.45) is 1.71. The minimum Gasteiger partial charge on any atom is -0.386 e. The standard InChI is InChI=1S/C17H19N5O4/c23-15-12-4-1-2-5-13(12)16(24)21(15)8-6-14-18-19-20-22(14)10-17(25)7-3-9-26-11-17/h1-2,4-5,25H,3,6-11H2. The smallest absolute Gasteiger partial charge is 0.261 e. The molecule has 9 heteroatoms. The minimum absolute atomic E-state index is 0.182. The van der Waals surface area contributed by atoms with E-state index in [4.69, 9.17) is 4.74 Å². The number of aliphatic hydroxyl groups is 1. The highest BCUT2D eigenvalue weighted by Crippen LogP contribution is 2.23. The van der Waals surface area contributed by atoms with Crippen LogP contribution in [0.15, 0.2) is 24.3 Å². The molecule has 0 spiro atoms. The lowest BCUT2D eigenvalue weighted by molar-refractivity contribution is -0.0964. The minimum atomic E-state index is -1.00. The molecular formula is C17H19N5O4. The Bertz CT molecular complexity index is 808. The third-order valence-electron chi connectivity index (χ3n) is 4.79. The number of hydrogen-bond donors (Lipinski definition) is 1. The Labute approximate surface area is 149 Å². The maximum atomic E-state index is 12.4. The Hall–Kier alpha value is -2.65. The topological polar surface area (TPSA) is 110 Å². The van der Waals surface area contributed by atoms with Crippen molar-refractivity contribution in [1.82, 2.24) is 25.1 Å². The summed E-state index contributed by atoms with van der Waals surface area (Å²) in [4.78, 5) is 26.0. The second-order valence-electron chi connectivity index (χ2n) is 6.69. The van der Waals surface area contributed by atoms with Crippen molar-refractivity contribution in [3.63, 3.8) is 0 Å². The summed E-state index contributed by atoms with van der Waals surface area (Å²) in [7, 11) is 0. The number of carbonyl (C=O) groups excluding carboxylic acids is 2. The lowest BCUT2D eigenvalue weighted by atomic mass is 9.97. The van der Waals surface area contributed by atoms with Gasteiger partial charge in [0.25, 0.3) is 11.8 Å². The van der Waals surface area contributed by atoms with E-state index in [0.29, 0.717) is 36.4 Å². The normalized spacial score (nSPS) is 22.7. The van der Waals surface area contributed by atoms with Gasteiger partial charge in [0.15, 0.2) is 5.82 Å². The van der Waals surface area contributed by atoms with E-state index in [1.807, 2.05) is 0 Å². The molecule has 2 aliphatic heterocycles. The fraction of sp³-hybridized carbons (Fsp3) is 0.471. The van der Waals surface area contributed by atoms with E-state index in [9.17, 15) is 14.7 Å². The van der Waals surface area contributed by atoms with E-state index in [-0.39, 0.29) is 31.5 Å². The molecule has 0 bridgehead atoms. The average molecular weight is 357 g/mol. The van der Waals surface area contributed by atoms with E-state index in [1.165, 1.54) is 9.58 Å². The fourth-order valence-corrected chi connectivity index (χ4v) is 3.42. The Balaban J connectivity index is 1.44. The zero-order chi connectivity index (χ0) is 18.1. The van der Waals surface area contributed by atoms with Crippen molar-refractivity contribution < 1.29 is 19.4 Å². The highest BCUT2D eigenvalue weighted by molar-refractivity contribution is 6.21. The molecule has 1 N–H and O–H groups in total. The highest BCUT2D eigenvalue weighted by atomic mass is 16.5. The Morgan fingerprint density at radius 2 is 1.92 bits per heavy atom. The summed E-state index contributed by atoms with van der Waals surface area (Å²) in [6.45, 7) is 1.29. The second kappa shape index (κ2) is 6.58. The number of nitrogens with zero attached hydrogens (tertiary/aromatic N) is 5. The Morgan fingerprint density at radius 1 is 1.19 bits per heavy atom. The van der Waals surface area contributed by atoms with E-state index in [1.54, 1.807) is 24.3 Å². The second-order valence-corrected chi connectivity index (χ2v) is 6.69. The molecule has 26 heavy (non-hydrogen) atoms. The summed E-state index contributed by atoms with van der Waals surface area (Å²) < 4.78 is 6.87. The number of imide groups is 1. The van der Waals surface area contributed by atoms with Gasteiger partial charge in [-0.15, -0.1) is 5.10 Å². The predicted molar refractivity (Wildman–Crippen MR) is 88.3 cm³/mol. The monoisotopic (exact) mass is 357 g/mol. The highest BCUT2D eigenvalue weighted by Gasteiger charge is 2.35. The molecule has 1 aromatic heterocycles. The summed E-state index contributed by atoms with van der Waals surface area (Å²) in [5.41, 5.74) is -0.158. The molecule has 3 heterocycles. The first-order valence-corrected chi connectivity index (χ1v) is 8.58. The molecule has 9 nitrogen and oxygen atoms in total. The number of hydrogen-bond acceptors (Lipinski definition) is 7. The molecule has 0 aliphatic carbocycles. The Kier molecular flexibility index (Phi) is 4.25. The largest absolute Gasteiger partial charge is 0.386 e. The van der Waals surface area contributed by atoms with Crippen LogP contribution in [0.5, 0.6) is 0 Å². The van der Waals surface area contributed by atoms with Crippen LogP contribution in [0.25, 0.3) is 0 Å². The van der Waals surface area contributed by atoms with Crippen molar-refractivity contribution in [3.05, 3.63) is 41.2 Å². The van der Waals surface area contributed by atoms with Gasteiger partial charge in [0, 0.05) is 19.6 Å². The van der Waals surface area contributed by atoms with Crippen molar-refractivity contribution in [2.75, 3.05) is 19.8 Å². The number of carbonyl (C=O) groups is 2. The van der Waals surface area contributed by atoms with Crippen molar-refractivity contribution >= 4 is 11.8 Å². The van der Waals surface area contributed by atoms with E-state index < -0.39 is 5.60 Å². The molecular weight excluding hydrogens is 338 g/mol. The number of rotatable bonds is 5. The van der Waals surface area contributed by atoms with Crippen LogP contribution in [0.2, 0.25) is 0 Å². The molecule has 1 unspecified atom stereocenters. The molecule has 1 saturated heterocycles. The number of ether oxygens (including phenoxy) is 1. The first kappa shape index (κ1) is 16.8. The summed E-state index contributed by atoms with van der Waals surface area (Å²) in [5.74, 6) is -0.0894. The third-order valence-corrected chi connectivity index (χ3v) is 4.79. The van der Waals surface area contributed by atoms with E-state index in [2.05, 4.69) is 15.5 Å². The van der Waals surface area contributed by atoms with Gasteiger partial charge in [-0.05, 0) is 35.4 Å². The maximum Gasteiger partial charge on any atom is 0.261 e. The molecule has 1 aromatic carbocycles. The van der Waals surface area contributed by atoms with E-state index >= 15 is 0 Å².